The van der Waals surface area contributed by atoms with E-state index in [1.807, 2.05) is 0 Å². The fourth-order valence-corrected chi connectivity index (χ4v) is 1.48. The molecule has 0 fully saturated rings. The molecule has 6 heteroatoms. The molecule has 0 radical (unpaired) electrons. The number of hydrogen-bond acceptors (Lipinski definition) is 2. The first-order chi connectivity index (χ1) is 8.38. The van der Waals surface area contributed by atoms with Crippen molar-refractivity contribution >= 4 is 17.6 Å². The summed E-state index contributed by atoms with van der Waals surface area (Å²) in [7, 11) is 0. The second-order valence-corrected chi connectivity index (χ2v) is 4.08. The summed E-state index contributed by atoms with van der Waals surface area (Å²) >= 11 is 0. The van der Waals surface area contributed by atoms with E-state index in [-0.39, 0.29) is 24.4 Å². The number of carboxylic acids is 1. The summed E-state index contributed by atoms with van der Waals surface area (Å²) < 4.78 is 26.0. The lowest BCUT2D eigenvalue weighted by molar-refractivity contribution is -0.138. The minimum Gasteiger partial charge on any atom is -0.481 e. The molecule has 2 N–H and O–H groups in total. The highest BCUT2D eigenvalue weighted by Crippen LogP contribution is 2.16. The molecule has 1 aromatic carbocycles. The maximum atomic E-state index is 13.2. The summed E-state index contributed by atoms with van der Waals surface area (Å²) in [6.07, 6.45) is -0.221. The SMILES string of the molecule is CC(CC(=O)O)CC(=O)Nc1cc(F)ccc1F. The predicted octanol–water partition coefficient (Wildman–Crippen LogP) is 2.40. The number of hydrogen-bond donors (Lipinski definition) is 2. The van der Waals surface area contributed by atoms with Crippen molar-refractivity contribution in [1.29, 1.82) is 0 Å². The highest BCUT2D eigenvalue weighted by atomic mass is 19.1. The quantitative estimate of drug-likeness (QED) is 0.851. The minimum atomic E-state index is -1.01. The summed E-state index contributed by atoms with van der Waals surface area (Å²) in [4.78, 5) is 21.9. The van der Waals surface area contributed by atoms with Crippen LogP contribution in [0.1, 0.15) is 19.8 Å². The van der Waals surface area contributed by atoms with Crippen molar-refractivity contribution in [3.63, 3.8) is 0 Å². The average molecular weight is 257 g/mol. The molecule has 1 atom stereocenters. The second kappa shape index (κ2) is 6.09. The number of rotatable bonds is 5. The largest absolute Gasteiger partial charge is 0.481 e. The molecule has 0 saturated heterocycles. The third-order valence-corrected chi connectivity index (χ3v) is 2.26. The fourth-order valence-electron chi connectivity index (χ4n) is 1.48. The lowest BCUT2D eigenvalue weighted by Crippen LogP contribution is -2.17. The van der Waals surface area contributed by atoms with E-state index in [1.165, 1.54) is 0 Å². The van der Waals surface area contributed by atoms with Gasteiger partial charge in [-0.3, -0.25) is 9.59 Å². The van der Waals surface area contributed by atoms with Gasteiger partial charge in [0.05, 0.1) is 5.69 Å². The van der Waals surface area contributed by atoms with Crippen molar-refractivity contribution in [1.82, 2.24) is 0 Å². The minimum absolute atomic E-state index is 0.0672. The third kappa shape index (κ3) is 4.48. The molecule has 0 heterocycles. The van der Waals surface area contributed by atoms with Crippen LogP contribution in [-0.2, 0) is 9.59 Å². The van der Waals surface area contributed by atoms with Crippen molar-refractivity contribution in [2.24, 2.45) is 5.92 Å². The van der Waals surface area contributed by atoms with Gasteiger partial charge >= 0.3 is 5.97 Å². The smallest absolute Gasteiger partial charge is 0.303 e. The van der Waals surface area contributed by atoms with Crippen molar-refractivity contribution in [2.45, 2.75) is 19.8 Å². The van der Waals surface area contributed by atoms with Gasteiger partial charge in [0.1, 0.15) is 11.6 Å². The molecule has 0 aromatic heterocycles. The molecule has 18 heavy (non-hydrogen) atoms. The number of carbonyl (C=O) groups excluding carboxylic acids is 1. The number of anilines is 1. The van der Waals surface area contributed by atoms with Crippen LogP contribution in [0.5, 0.6) is 0 Å². The molecule has 4 nitrogen and oxygen atoms in total. The van der Waals surface area contributed by atoms with Gasteiger partial charge in [-0.2, -0.15) is 0 Å². The van der Waals surface area contributed by atoms with Crippen LogP contribution in [-0.4, -0.2) is 17.0 Å². The molecule has 1 aromatic rings. The topological polar surface area (TPSA) is 66.4 Å². The number of halogens is 2. The van der Waals surface area contributed by atoms with Crippen molar-refractivity contribution in [3.8, 4) is 0 Å². The molecular weight excluding hydrogens is 244 g/mol. The number of nitrogens with one attached hydrogen (secondary N) is 1. The zero-order chi connectivity index (χ0) is 13.7. The average Bonchev–Trinajstić information content (AvgIpc) is 2.21. The Hall–Kier alpha value is -1.98. The Balaban J connectivity index is 2.59. The Bertz CT molecular complexity index is 463. The van der Waals surface area contributed by atoms with E-state index in [9.17, 15) is 18.4 Å². The highest BCUT2D eigenvalue weighted by Gasteiger charge is 2.14. The summed E-state index contributed by atoms with van der Waals surface area (Å²) in [6.45, 7) is 1.59. The van der Waals surface area contributed by atoms with E-state index in [4.69, 9.17) is 5.11 Å². The molecule has 0 aliphatic carbocycles. The maximum Gasteiger partial charge on any atom is 0.303 e. The highest BCUT2D eigenvalue weighted by molar-refractivity contribution is 5.91. The van der Waals surface area contributed by atoms with E-state index in [2.05, 4.69) is 5.32 Å². The van der Waals surface area contributed by atoms with Gasteiger partial charge in [0.15, 0.2) is 0 Å². The Kier molecular flexibility index (Phi) is 4.76. The van der Waals surface area contributed by atoms with Crippen molar-refractivity contribution in [3.05, 3.63) is 29.8 Å². The molecule has 98 valence electrons. The summed E-state index contributed by atoms with van der Waals surface area (Å²) in [6, 6.07) is 2.72. The van der Waals surface area contributed by atoms with Crippen molar-refractivity contribution in [2.75, 3.05) is 5.32 Å². The van der Waals surface area contributed by atoms with E-state index < -0.39 is 23.5 Å². The number of carbonyl (C=O) groups is 2. The normalized spacial score (nSPS) is 11.9. The summed E-state index contributed by atoms with van der Waals surface area (Å²) in [5.74, 6) is -3.33. The Morgan fingerprint density at radius 1 is 1.33 bits per heavy atom. The monoisotopic (exact) mass is 257 g/mol. The summed E-state index contributed by atoms with van der Waals surface area (Å²) in [5.41, 5.74) is -0.248. The molecule has 0 aliphatic rings. The third-order valence-electron chi connectivity index (χ3n) is 2.26. The Morgan fingerprint density at radius 2 is 2.00 bits per heavy atom. The van der Waals surface area contributed by atoms with Crippen LogP contribution in [0, 0.1) is 17.6 Å². The zero-order valence-electron chi connectivity index (χ0n) is 9.74. The zero-order valence-corrected chi connectivity index (χ0v) is 9.74. The molecule has 1 amide bonds. The van der Waals surface area contributed by atoms with Crippen LogP contribution in [0.25, 0.3) is 0 Å². The van der Waals surface area contributed by atoms with Crippen LogP contribution in [0.2, 0.25) is 0 Å². The first-order valence-electron chi connectivity index (χ1n) is 5.35. The summed E-state index contributed by atoms with van der Waals surface area (Å²) in [5, 5.41) is 10.7. The first-order valence-corrected chi connectivity index (χ1v) is 5.35. The first kappa shape index (κ1) is 14.1. The van der Waals surface area contributed by atoms with Gasteiger partial charge in [-0.05, 0) is 18.1 Å². The van der Waals surface area contributed by atoms with Crippen LogP contribution in [0.4, 0.5) is 14.5 Å². The predicted molar refractivity (Wildman–Crippen MR) is 61.0 cm³/mol. The number of amides is 1. The number of benzene rings is 1. The fraction of sp³-hybridized carbons (Fsp3) is 0.333. The van der Waals surface area contributed by atoms with E-state index in [1.54, 1.807) is 6.92 Å². The molecule has 0 saturated carbocycles. The standard InChI is InChI=1S/C12H13F2NO3/c1-7(5-12(17)18)4-11(16)15-10-6-8(13)2-3-9(10)14/h2-3,6-7H,4-5H2,1H3,(H,15,16)(H,17,18). The molecule has 1 unspecified atom stereocenters. The van der Waals surface area contributed by atoms with Gasteiger partial charge < -0.3 is 10.4 Å². The molecular formula is C12H13F2NO3. The van der Waals surface area contributed by atoms with Gasteiger partial charge in [-0.15, -0.1) is 0 Å². The molecule has 0 spiro atoms. The maximum absolute atomic E-state index is 13.2. The molecule has 0 aliphatic heterocycles. The Morgan fingerprint density at radius 3 is 2.61 bits per heavy atom. The van der Waals surface area contributed by atoms with Crippen LogP contribution < -0.4 is 5.32 Å². The number of carboxylic acid groups (broad SMARTS) is 1. The van der Waals surface area contributed by atoms with Gasteiger partial charge in [0.25, 0.3) is 0 Å². The van der Waals surface area contributed by atoms with Crippen LogP contribution >= 0.6 is 0 Å². The molecule has 1 rings (SSSR count). The Labute approximate surface area is 103 Å². The van der Waals surface area contributed by atoms with Gasteiger partial charge in [-0.25, -0.2) is 8.78 Å². The van der Waals surface area contributed by atoms with Gasteiger partial charge in [0.2, 0.25) is 5.91 Å². The van der Waals surface area contributed by atoms with Crippen LogP contribution in [0.3, 0.4) is 0 Å². The lowest BCUT2D eigenvalue weighted by Gasteiger charge is -2.10. The second-order valence-electron chi connectivity index (χ2n) is 4.08. The van der Waals surface area contributed by atoms with E-state index in [0.29, 0.717) is 0 Å². The number of aliphatic carboxylic acids is 1. The van der Waals surface area contributed by atoms with Crippen molar-refractivity contribution < 1.29 is 23.5 Å². The van der Waals surface area contributed by atoms with E-state index >= 15 is 0 Å². The van der Waals surface area contributed by atoms with Crippen LogP contribution in [0.15, 0.2) is 18.2 Å². The molecule has 0 bridgehead atoms. The lowest BCUT2D eigenvalue weighted by atomic mass is 10.0. The van der Waals surface area contributed by atoms with Gasteiger partial charge in [-0.1, -0.05) is 6.92 Å². The van der Waals surface area contributed by atoms with E-state index in [0.717, 1.165) is 18.2 Å². The van der Waals surface area contributed by atoms with Gasteiger partial charge in [0, 0.05) is 18.9 Å².